The Morgan fingerprint density at radius 2 is 1.59 bits per heavy atom. The summed E-state index contributed by atoms with van der Waals surface area (Å²) in [5.41, 5.74) is 9.60. The van der Waals surface area contributed by atoms with Gasteiger partial charge in [-0.25, -0.2) is 8.42 Å². The zero-order chi connectivity index (χ0) is 20.6. The minimum absolute atomic E-state index is 0.0273. The molecule has 2 aromatic rings. The van der Waals surface area contributed by atoms with Crippen molar-refractivity contribution >= 4 is 27.0 Å². The number of Topliss-reactive ketones (excluding diaryl/α,β-unsaturated/α-hetero) is 1. The van der Waals surface area contributed by atoms with Crippen LogP contribution in [0.15, 0.2) is 58.7 Å². The molecule has 0 bridgehead atoms. The van der Waals surface area contributed by atoms with Crippen LogP contribution in [0.25, 0.3) is 0 Å². The summed E-state index contributed by atoms with van der Waals surface area (Å²) in [5.74, 6) is -0.374. The Labute approximate surface area is 169 Å². The maximum Gasteiger partial charge on any atom is 0.210 e. The smallest absolute Gasteiger partial charge is 0.210 e. The van der Waals surface area contributed by atoms with Crippen LogP contribution in [0.2, 0.25) is 0 Å². The minimum Gasteiger partial charge on any atom is -0.308 e. The van der Waals surface area contributed by atoms with E-state index in [0.29, 0.717) is 11.3 Å². The van der Waals surface area contributed by atoms with Gasteiger partial charge in [-0.05, 0) is 19.4 Å². The van der Waals surface area contributed by atoms with E-state index in [4.69, 9.17) is 0 Å². The van der Waals surface area contributed by atoms with Crippen LogP contribution in [-0.2, 0) is 9.84 Å². The minimum atomic E-state index is -3.74. The number of aryl methyl sites for hydroxylation is 2. The van der Waals surface area contributed by atoms with Crippen molar-refractivity contribution in [3.05, 3.63) is 70.8 Å². The van der Waals surface area contributed by atoms with E-state index < -0.39 is 20.5 Å². The van der Waals surface area contributed by atoms with Crippen molar-refractivity contribution in [3.63, 3.8) is 0 Å². The molecule has 2 atom stereocenters. The molecular weight excluding hydrogens is 388 g/mol. The molecule has 2 aliphatic rings. The average molecular weight is 410 g/mol. The van der Waals surface area contributed by atoms with E-state index in [1.807, 2.05) is 50.2 Å². The molecule has 150 valence electrons. The standard InChI is InChI=1S/C21H22N4O3S/c1-13-3-7-15(8-4-13)17-11-19(24-23-17)29(27,28)18-12-22-25-20(18)21(26)16-9-5-14(2)6-10-16/h3-10,18-19,22,24H,11-12H2,1-2H3/t18-,19-/m1/s1. The lowest BCUT2D eigenvalue weighted by atomic mass is 10.0. The first-order valence-electron chi connectivity index (χ1n) is 9.40. The van der Waals surface area contributed by atoms with Crippen molar-refractivity contribution in [2.24, 2.45) is 10.2 Å². The van der Waals surface area contributed by atoms with Gasteiger partial charge in [0.2, 0.25) is 5.78 Å². The molecule has 0 saturated heterocycles. The second-order valence-electron chi connectivity index (χ2n) is 7.38. The normalized spacial score (nSPS) is 21.2. The number of hydrazone groups is 2. The summed E-state index contributed by atoms with van der Waals surface area (Å²) in [4.78, 5) is 12.9. The van der Waals surface area contributed by atoms with E-state index in [9.17, 15) is 13.2 Å². The van der Waals surface area contributed by atoms with Crippen molar-refractivity contribution in [2.45, 2.75) is 30.9 Å². The van der Waals surface area contributed by atoms with Crippen LogP contribution in [0.5, 0.6) is 0 Å². The molecule has 4 rings (SSSR count). The number of hydrogen-bond donors (Lipinski definition) is 2. The predicted molar refractivity (Wildman–Crippen MR) is 113 cm³/mol. The Bertz CT molecular complexity index is 1100. The first kappa shape index (κ1) is 19.3. The third-order valence-electron chi connectivity index (χ3n) is 5.23. The Balaban J connectivity index is 1.53. The topological polar surface area (TPSA) is 100.0 Å². The third-order valence-corrected chi connectivity index (χ3v) is 7.48. The average Bonchev–Trinajstić information content (AvgIpc) is 3.39. The predicted octanol–water partition coefficient (Wildman–Crippen LogP) is 1.95. The molecule has 0 radical (unpaired) electrons. The summed E-state index contributed by atoms with van der Waals surface area (Å²) in [6.07, 6.45) is 0.244. The summed E-state index contributed by atoms with van der Waals surface area (Å²) in [7, 11) is -3.74. The van der Waals surface area contributed by atoms with Crippen LogP contribution < -0.4 is 10.9 Å². The van der Waals surface area contributed by atoms with Crippen LogP contribution in [0, 0.1) is 13.8 Å². The molecule has 0 unspecified atom stereocenters. The van der Waals surface area contributed by atoms with Crippen LogP contribution in [0.4, 0.5) is 0 Å². The molecule has 2 N–H and O–H groups in total. The zero-order valence-electron chi connectivity index (χ0n) is 16.2. The quantitative estimate of drug-likeness (QED) is 0.734. The summed E-state index contributed by atoms with van der Waals surface area (Å²) < 4.78 is 26.5. The van der Waals surface area contributed by atoms with Gasteiger partial charge in [0.05, 0.1) is 12.3 Å². The fourth-order valence-electron chi connectivity index (χ4n) is 3.44. The van der Waals surface area contributed by atoms with Crippen LogP contribution >= 0.6 is 0 Å². The van der Waals surface area contributed by atoms with Gasteiger partial charge in [0.15, 0.2) is 15.2 Å². The molecule has 0 amide bonds. The lowest BCUT2D eigenvalue weighted by molar-refractivity contribution is 0.106. The Morgan fingerprint density at radius 3 is 2.24 bits per heavy atom. The number of sulfone groups is 1. The number of nitrogens with zero attached hydrogens (tertiary/aromatic N) is 2. The van der Waals surface area contributed by atoms with Crippen LogP contribution in [-0.4, -0.2) is 42.8 Å². The van der Waals surface area contributed by atoms with Crippen molar-refractivity contribution < 1.29 is 13.2 Å². The highest BCUT2D eigenvalue weighted by Gasteiger charge is 2.44. The molecule has 2 heterocycles. The monoisotopic (exact) mass is 410 g/mol. The first-order valence-corrected chi connectivity index (χ1v) is 11.0. The molecule has 8 heteroatoms. The van der Waals surface area contributed by atoms with Gasteiger partial charge in [-0.2, -0.15) is 10.2 Å². The highest BCUT2D eigenvalue weighted by atomic mass is 32.2. The third kappa shape index (κ3) is 3.67. The van der Waals surface area contributed by atoms with Gasteiger partial charge in [-0.15, -0.1) is 0 Å². The molecule has 0 saturated carbocycles. The van der Waals surface area contributed by atoms with E-state index >= 15 is 0 Å². The van der Waals surface area contributed by atoms with Crippen LogP contribution in [0.3, 0.4) is 0 Å². The van der Waals surface area contributed by atoms with E-state index in [0.717, 1.165) is 16.7 Å². The van der Waals surface area contributed by atoms with Gasteiger partial charge in [0.25, 0.3) is 0 Å². The number of nitrogens with one attached hydrogen (secondary N) is 2. The lowest BCUT2D eigenvalue weighted by Crippen LogP contribution is -2.44. The maximum absolute atomic E-state index is 13.3. The van der Waals surface area contributed by atoms with E-state index in [2.05, 4.69) is 21.1 Å². The van der Waals surface area contributed by atoms with Crippen molar-refractivity contribution in [2.75, 3.05) is 6.54 Å². The van der Waals surface area contributed by atoms with E-state index in [1.54, 1.807) is 12.1 Å². The number of carbonyl (C=O) groups is 1. The Kier molecular flexibility index (Phi) is 4.96. The van der Waals surface area contributed by atoms with Gasteiger partial charge in [-0.3, -0.25) is 10.2 Å². The van der Waals surface area contributed by atoms with E-state index in [1.165, 1.54) is 0 Å². The molecule has 7 nitrogen and oxygen atoms in total. The molecule has 29 heavy (non-hydrogen) atoms. The largest absolute Gasteiger partial charge is 0.308 e. The molecule has 0 spiro atoms. The van der Waals surface area contributed by atoms with Crippen molar-refractivity contribution in [1.82, 2.24) is 10.9 Å². The zero-order valence-corrected chi connectivity index (χ0v) is 17.0. The highest BCUT2D eigenvalue weighted by Crippen LogP contribution is 2.23. The van der Waals surface area contributed by atoms with Crippen molar-refractivity contribution in [3.8, 4) is 0 Å². The fraction of sp³-hybridized carbons (Fsp3) is 0.286. The number of carbonyl (C=O) groups excluding carboxylic acids is 1. The van der Waals surface area contributed by atoms with Gasteiger partial charge in [0.1, 0.15) is 11.0 Å². The maximum atomic E-state index is 13.3. The Hall–Kier alpha value is -3.00. The summed E-state index contributed by atoms with van der Waals surface area (Å²) in [6, 6.07) is 14.8. The number of hydrogen-bond acceptors (Lipinski definition) is 7. The molecular formula is C21H22N4O3S. The summed E-state index contributed by atoms with van der Waals surface area (Å²) in [6.45, 7) is 3.99. The number of benzene rings is 2. The lowest BCUT2D eigenvalue weighted by Gasteiger charge is -2.17. The van der Waals surface area contributed by atoms with E-state index in [-0.39, 0.29) is 24.5 Å². The van der Waals surface area contributed by atoms with Crippen LogP contribution in [0.1, 0.15) is 33.5 Å². The Morgan fingerprint density at radius 1 is 0.966 bits per heavy atom. The van der Waals surface area contributed by atoms with Gasteiger partial charge in [0, 0.05) is 12.0 Å². The fourth-order valence-corrected chi connectivity index (χ4v) is 5.20. The second-order valence-corrected chi connectivity index (χ2v) is 9.69. The van der Waals surface area contributed by atoms with Crippen molar-refractivity contribution in [1.29, 1.82) is 0 Å². The molecule has 0 fully saturated rings. The summed E-state index contributed by atoms with van der Waals surface area (Å²) >= 11 is 0. The molecule has 2 aliphatic heterocycles. The molecule has 2 aromatic carbocycles. The number of ketones is 1. The molecule has 0 aromatic heterocycles. The highest BCUT2D eigenvalue weighted by molar-refractivity contribution is 7.93. The second kappa shape index (κ2) is 7.44. The van der Waals surface area contributed by atoms with Gasteiger partial charge >= 0.3 is 0 Å². The SMILES string of the molecule is Cc1ccc(C(=O)C2=NNC[C@H]2S(=O)(=O)[C@@H]2CC(c3ccc(C)cc3)=NN2)cc1. The number of rotatable bonds is 5. The van der Waals surface area contributed by atoms with Gasteiger partial charge in [-0.1, -0.05) is 59.7 Å². The summed E-state index contributed by atoms with van der Waals surface area (Å²) in [5, 5.41) is 6.35. The van der Waals surface area contributed by atoms with Gasteiger partial charge < -0.3 is 5.43 Å². The molecule has 0 aliphatic carbocycles. The first-order chi connectivity index (χ1) is 13.9.